The fraction of sp³-hybridized carbons (Fsp3) is 0.790. The van der Waals surface area contributed by atoms with Gasteiger partial charge in [0.25, 0.3) is 0 Å². The number of aliphatic hydroxyl groups is 1. The Morgan fingerprint density at radius 1 is 0.459 bits per heavy atom. The summed E-state index contributed by atoms with van der Waals surface area (Å²) < 4.78 is 0. The zero-order valence-corrected chi connectivity index (χ0v) is 56.1. The van der Waals surface area contributed by atoms with Gasteiger partial charge in [-0.2, -0.15) is 0 Å². The van der Waals surface area contributed by atoms with Crippen LogP contribution in [0.4, 0.5) is 0 Å². The van der Waals surface area contributed by atoms with E-state index in [2.05, 4.69) is 21.3 Å². The molecule has 1 fully saturated rings. The monoisotopic (exact) mass is 1200 g/mol. The number of carbonyl (C=O) groups excluding carboxylic acids is 11. The fourth-order valence-corrected chi connectivity index (χ4v) is 10.7. The molecule has 1 rings (SSSR count). The highest BCUT2D eigenvalue weighted by Crippen LogP contribution is 2.26. The Morgan fingerprint density at radius 3 is 1.32 bits per heavy atom. The van der Waals surface area contributed by atoms with Crippen LogP contribution >= 0.6 is 0 Å². The van der Waals surface area contributed by atoms with Gasteiger partial charge in [-0.25, -0.2) is 0 Å². The molecule has 1 aliphatic rings. The summed E-state index contributed by atoms with van der Waals surface area (Å²) in [5.74, 6) is -9.71. The van der Waals surface area contributed by atoms with E-state index < -0.39 is 156 Å². The minimum atomic E-state index is -1.61. The summed E-state index contributed by atoms with van der Waals surface area (Å²) in [5.41, 5.74) is 0. The molecule has 1 saturated heterocycles. The smallest absolute Gasteiger partial charge is 0.246 e. The van der Waals surface area contributed by atoms with Crippen LogP contribution in [0.15, 0.2) is 12.2 Å². The van der Waals surface area contributed by atoms with Crippen LogP contribution in [-0.2, 0) is 52.7 Å². The maximum Gasteiger partial charge on any atom is 0.246 e. The van der Waals surface area contributed by atoms with Gasteiger partial charge in [0.05, 0.1) is 12.6 Å². The third-order valence-corrected chi connectivity index (χ3v) is 16.1. The maximum absolute atomic E-state index is 15.1. The number of carbonyl (C=O) groups is 11. The zero-order chi connectivity index (χ0) is 66.0. The number of hydrogen-bond acceptors (Lipinski definition) is 12. The molecule has 0 unspecified atom stereocenters. The second-order valence-electron chi connectivity index (χ2n) is 26.1. The zero-order valence-electron chi connectivity index (χ0n) is 56.1. The van der Waals surface area contributed by atoms with E-state index in [0.29, 0.717) is 6.42 Å². The van der Waals surface area contributed by atoms with Gasteiger partial charge in [-0.1, -0.05) is 109 Å². The molecule has 11 amide bonds. The molecule has 0 aromatic rings. The van der Waals surface area contributed by atoms with Crippen LogP contribution in [-0.4, -0.2) is 227 Å². The van der Waals surface area contributed by atoms with Gasteiger partial charge in [0, 0.05) is 49.3 Å². The highest BCUT2D eigenvalue weighted by molar-refractivity contribution is 5.99. The van der Waals surface area contributed by atoms with Crippen LogP contribution < -0.4 is 21.3 Å². The molecular weight excluding hydrogens is 1090 g/mol. The van der Waals surface area contributed by atoms with Crippen LogP contribution in [0.1, 0.15) is 156 Å². The van der Waals surface area contributed by atoms with Crippen LogP contribution in [0.2, 0.25) is 0 Å². The SMILES string of the molecule is CC=CC[C@@H](C)[C@@H](O)[C@H]1C(=O)N[C@@H](CC)C(=O)N(C)CC(=O)N(C)[C@@H](CC(C)C)C(=O)N[C@@H](C(C)C)C(=O)N(C)[C@H](CC(C)C)C(=O)N[C@@H](C)C(=O)N[C@H](C)C(=O)N(C)[C@@H](CC(C)C)C(=O)N(C)[C@H](CC(C)C)C(=O)N(C)[C@@H](C(C)C)C(=O)N1C. The normalized spacial score (nSPS) is 26.9. The number of allylic oxidation sites excluding steroid dienone is 2. The summed E-state index contributed by atoms with van der Waals surface area (Å²) in [5, 5.41) is 23.1. The molecular formula is C62H111N11O12. The van der Waals surface area contributed by atoms with Crippen molar-refractivity contribution in [2.45, 2.75) is 223 Å². The first kappa shape index (κ1) is 76.9. The summed E-state index contributed by atoms with van der Waals surface area (Å²) in [4.78, 5) is 169. The predicted molar refractivity (Wildman–Crippen MR) is 328 cm³/mol. The van der Waals surface area contributed by atoms with Crippen molar-refractivity contribution in [1.82, 2.24) is 55.6 Å². The third kappa shape index (κ3) is 21.7. The van der Waals surface area contributed by atoms with E-state index in [-0.39, 0.29) is 55.8 Å². The van der Waals surface area contributed by atoms with E-state index in [9.17, 15) is 48.3 Å². The van der Waals surface area contributed by atoms with Gasteiger partial charge in [0.2, 0.25) is 65.0 Å². The Balaban J connectivity index is 4.32. The van der Waals surface area contributed by atoms with Crippen molar-refractivity contribution in [3.05, 3.63) is 12.2 Å². The number of rotatable bonds is 15. The van der Waals surface area contributed by atoms with E-state index in [1.165, 1.54) is 87.7 Å². The molecule has 23 nitrogen and oxygen atoms in total. The Bertz CT molecular complexity index is 2330. The molecule has 1 heterocycles. The van der Waals surface area contributed by atoms with Gasteiger partial charge in [-0.05, 0) is 101 Å². The van der Waals surface area contributed by atoms with Gasteiger partial charge in [-0.15, -0.1) is 0 Å². The molecule has 0 aliphatic carbocycles. The molecule has 12 atom stereocenters. The van der Waals surface area contributed by atoms with Crippen molar-refractivity contribution >= 4 is 65.0 Å². The molecule has 23 heteroatoms. The second kappa shape index (κ2) is 34.9. The molecule has 0 radical (unpaired) electrons. The maximum atomic E-state index is 15.1. The minimum absolute atomic E-state index is 0.0229. The van der Waals surface area contributed by atoms with Gasteiger partial charge in [0.1, 0.15) is 60.4 Å². The van der Waals surface area contributed by atoms with E-state index >= 15 is 9.59 Å². The Labute approximate surface area is 508 Å². The topological polar surface area (TPSA) is 279 Å². The summed E-state index contributed by atoms with van der Waals surface area (Å²) in [6.45, 7) is 29.3. The molecule has 0 aromatic heterocycles. The number of hydrogen-bond donors (Lipinski definition) is 5. The molecule has 486 valence electrons. The van der Waals surface area contributed by atoms with E-state index in [4.69, 9.17) is 0 Å². The molecule has 0 spiro atoms. The highest BCUT2D eigenvalue weighted by atomic mass is 16.3. The van der Waals surface area contributed by atoms with Crippen molar-refractivity contribution in [3.8, 4) is 0 Å². The molecule has 0 saturated carbocycles. The molecule has 0 aromatic carbocycles. The van der Waals surface area contributed by atoms with Crippen molar-refractivity contribution in [2.75, 3.05) is 55.9 Å². The van der Waals surface area contributed by atoms with Crippen molar-refractivity contribution in [1.29, 1.82) is 0 Å². The third-order valence-electron chi connectivity index (χ3n) is 16.1. The number of likely N-dealkylation sites (N-methyl/N-ethyl adjacent to an activating group) is 7. The Hall–Kier alpha value is -6.13. The minimum Gasteiger partial charge on any atom is -0.390 e. The van der Waals surface area contributed by atoms with Crippen molar-refractivity contribution in [2.24, 2.45) is 41.4 Å². The van der Waals surface area contributed by atoms with E-state index in [0.717, 1.165) is 9.80 Å². The first-order chi connectivity index (χ1) is 39.2. The molecule has 5 N–H and O–H groups in total. The van der Waals surface area contributed by atoms with Gasteiger partial charge in [0.15, 0.2) is 0 Å². The van der Waals surface area contributed by atoms with E-state index in [1.54, 1.807) is 54.5 Å². The summed E-state index contributed by atoms with van der Waals surface area (Å²) in [7, 11) is 9.92. The van der Waals surface area contributed by atoms with Gasteiger partial charge < -0.3 is 60.7 Å². The average molecular weight is 1200 g/mol. The van der Waals surface area contributed by atoms with Crippen molar-refractivity contribution < 1.29 is 57.8 Å². The molecule has 85 heavy (non-hydrogen) atoms. The highest BCUT2D eigenvalue weighted by Gasteiger charge is 2.45. The van der Waals surface area contributed by atoms with Crippen LogP contribution in [0.5, 0.6) is 0 Å². The predicted octanol–water partition coefficient (Wildman–Crippen LogP) is 3.27. The second-order valence-corrected chi connectivity index (χ2v) is 26.1. The summed E-state index contributed by atoms with van der Waals surface area (Å²) >= 11 is 0. The lowest BCUT2D eigenvalue weighted by Gasteiger charge is -2.41. The standard InChI is InChI=1S/C62H111N11O12/c1-25-27-28-40(15)52(75)51-56(79)65-43(26-2)58(81)67(18)33-48(74)68(19)44(29-34(3)4)55(78)66-49(38(11)12)61(84)69(20)45(30-35(5)6)54(77)63-41(16)53(76)64-42(17)57(80)70(21)46(31-36(7)8)59(82)71(22)47(32-37(9)10)60(83)72(23)50(39(13)14)62(85)73(51)24/h25,27,34-47,49-52,75H,26,28-33H2,1-24H3,(H,63,77)(H,64,76)(H,65,79)(H,66,78)/t40-,41+,42-,43+,44+,45-,46+,47-,49+,50+,51+,52-/m1/s1. The Kier molecular flexibility index (Phi) is 31.5. The molecule has 1 aliphatic heterocycles. The number of amides is 11. The molecule has 0 bridgehead atoms. The number of aliphatic hydroxyl groups excluding tert-OH is 1. The fourth-order valence-electron chi connectivity index (χ4n) is 10.7. The van der Waals surface area contributed by atoms with Crippen LogP contribution in [0.3, 0.4) is 0 Å². The lowest BCUT2D eigenvalue weighted by atomic mass is 9.91. The number of nitrogens with one attached hydrogen (secondary N) is 4. The van der Waals surface area contributed by atoms with E-state index in [1.807, 2.05) is 61.5 Å². The summed E-state index contributed by atoms with van der Waals surface area (Å²) in [6, 6.07) is -12.3. The van der Waals surface area contributed by atoms with Crippen LogP contribution in [0.25, 0.3) is 0 Å². The average Bonchev–Trinajstić information content (AvgIpc) is 3.62. The quantitative estimate of drug-likeness (QED) is 0.148. The van der Waals surface area contributed by atoms with Crippen LogP contribution in [0, 0.1) is 41.4 Å². The first-order valence-electron chi connectivity index (χ1n) is 30.6. The number of nitrogens with zero attached hydrogens (tertiary/aromatic N) is 7. The van der Waals surface area contributed by atoms with Crippen molar-refractivity contribution in [3.63, 3.8) is 0 Å². The summed E-state index contributed by atoms with van der Waals surface area (Å²) in [6.07, 6.45) is 3.04. The lowest BCUT2D eigenvalue weighted by Crippen LogP contribution is -2.63. The Morgan fingerprint density at radius 2 is 0.871 bits per heavy atom. The van der Waals surface area contributed by atoms with Gasteiger partial charge in [-0.3, -0.25) is 52.7 Å². The van der Waals surface area contributed by atoms with Gasteiger partial charge >= 0.3 is 0 Å². The lowest BCUT2D eigenvalue weighted by molar-refractivity contribution is -0.157. The largest absolute Gasteiger partial charge is 0.390 e. The first-order valence-corrected chi connectivity index (χ1v) is 30.6.